The van der Waals surface area contributed by atoms with Crippen LogP contribution in [0.2, 0.25) is 0 Å². The highest BCUT2D eigenvalue weighted by atomic mass is 16.5. The maximum absolute atomic E-state index is 14.1. The second-order valence-corrected chi connectivity index (χ2v) is 12.0. The molecule has 0 radical (unpaired) electrons. The third kappa shape index (κ3) is 9.72. The van der Waals surface area contributed by atoms with Crippen molar-refractivity contribution < 1.29 is 14.6 Å². The molecule has 260 valence electrons. The van der Waals surface area contributed by atoms with Crippen molar-refractivity contribution in [2.24, 2.45) is 5.73 Å². The first kappa shape index (κ1) is 36.7. The van der Waals surface area contributed by atoms with Crippen LogP contribution >= 0.6 is 0 Å². The molecular formula is C36H51N7O5. The number of aryl methyl sites for hydroxylation is 2. The SMILES string of the molecule is CCN(CCO)CCn1c(Cc2ccccc2)nc2c1c(=O)n(CCCOC)c(=O)n2CCc1ccccc1NC(=O)CCCCCN. The zero-order valence-electron chi connectivity index (χ0n) is 28.4. The summed E-state index contributed by atoms with van der Waals surface area (Å²) in [5.74, 6) is 0.635. The monoisotopic (exact) mass is 661 g/mol. The summed E-state index contributed by atoms with van der Waals surface area (Å²) in [6.07, 6.45) is 4.41. The topological polar surface area (TPSA) is 150 Å². The molecule has 0 saturated heterocycles. The van der Waals surface area contributed by atoms with E-state index in [0.717, 1.165) is 36.9 Å². The smallest absolute Gasteiger partial charge is 0.332 e. The number of amides is 1. The van der Waals surface area contributed by atoms with Gasteiger partial charge >= 0.3 is 5.69 Å². The number of nitrogens with one attached hydrogen (secondary N) is 1. The van der Waals surface area contributed by atoms with E-state index in [1.54, 1.807) is 11.7 Å². The number of aliphatic hydroxyl groups excluding tert-OH is 1. The fourth-order valence-electron chi connectivity index (χ4n) is 5.98. The molecule has 12 heteroatoms. The Morgan fingerprint density at radius 3 is 2.44 bits per heavy atom. The first-order chi connectivity index (χ1) is 23.4. The Kier molecular flexibility index (Phi) is 14.6. The number of imidazole rings is 1. The fraction of sp³-hybridized carbons (Fsp3) is 0.500. The van der Waals surface area contributed by atoms with Crippen molar-refractivity contribution in [3.8, 4) is 0 Å². The van der Waals surface area contributed by atoms with Crippen LogP contribution in [-0.2, 0) is 42.0 Å². The average Bonchev–Trinajstić information content (AvgIpc) is 3.45. The number of aliphatic hydroxyl groups is 1. The van der Waals surface area contributed by atoms with Crippen molar-refractivity contribution in [2.75, 3.05) is 51.8 Å². The Bertz CT molecular complexity index is 1710. The third-order valence-corrected chi connectivity index (χ3v) is 8.64. The molecule has 0 atom stereocenters. The van der Waals surface area contributed by atoms with E-state index < -0.39 is 5.69 Å². The van der Waals surface area contributed by atoms with Crippen molar-refractivity contribution in [2.45, 2.75) is 71.5 Å². The number of hydrogen-bond donors (Lipinski definition) is 3. The summed E-state index contributed by atoms with van der Waals surface area (Å²) in [4.78, 5) is 48.0. The normalized spacial score (nSPS) is 11.5. The Hall–Kier alpha value is -4.10. The Morgan fingerprint density at radius 1 is 0.938 bits per heavy atom. The number of unbranched alkanes of at least 4 members (excludes halogenated alkanes) is 2. The van der Waals surface area contributed by atoms with E-state index in [4.69, 9.17) is 15.5 Å². The first-order valence-corrected chi connectivity index (χ1v) is 17.1. The van der Waals surface area contributed by atoms with Gasteiger partial charge in [0, 0.05) is 65.0 Å². The molecule has 2 heterocycles. The van der Waals surface area contributed by atoms with Gasteiger partial charge < -0.3 is 25.5 Å². The van der Waals surface area contributed by atoms with E-state index in [9.17, 15) is 19.5 Å². The number of ether oxygens (including phenoxy) is 1. The zero-order chi connectivity index (χ0) is 34.3. The van der Waals surface area contributed by atoms with Crippen LogP contribution < -0.4 is 22.3 Å². The molecule has 0 saturated carbocycles. The minimum Gasteiger partial charge on any atom is -0.395 e. The van der Waals surface area contributed by atoms with Gasteiger partial charge in [0.15, 0.2) is 11.2 Å². The van der Waals surface area contributed by atoms with Crippen molar-refractivity contribution in [3.63, 3.8) is 0 Å². The maximum atomic E-state index is 14.1. The summed E-state index contributed by atoms with van der Waals surface area (Å²) in [7, 11) is 1.59. The minimum absolute atomic E-state index is 0.0391. The number of hydrogen-bond acceptors (Lipinski definition) is 8. The number of fused-ring (bicyclic) bond motifs is 1. The lowest BCUT2D eigenvalue weighted by Crippen LogP contribution is -2.41. The highest BCUT2D eigenvalue weighted by molar-refractivity contribution is 5.91. The van der Waals surface area contributed by atoms with Crippen LogP contribution in [0.1, 0.15) is 56.0 Å². The van der Waals surface area contributed by atoms with E-state index in [2.05, 4.69) is 10.2 Å². The Labute approximate surface area is 282 Å². The fourth-order valence-corrected chi connectivity index (χ4v) is 5.98. The van der Waals surface area contributed by atoms with Gasteiger partial charge in [-0.3, -0.25) is 23.6 Å². The van der Waals surface area contributed by atoms with E-state index >= 15 is 0 Å². The van der Waals surface area contributed by atoms with E-state index in [1.807, 2.05) is 66.1 Å². The molecule has 0 aliphatic rings. The van der Waals surface area contributed by atoms with Gasteiger partial charge in [0.25, 0.3) is 5.56 Å². The number of anilines is 1. The van der Waals surface area contributed by atoms with Gasteiger partial charge in [-0.1, -0.05) is 61.9 Å². The van der Waals surface area contributed by atoms with Gasteiger partial charge in [-0.15, -0.1) is 0 Å². The molecule has 0 aliphatic heterocycles. The number of carbonyl (C=O) groups is 1. The molecule has 2 aromatic carbocycles. The molecule has 4 aromatic rings. The van der Waals surface area contributed by atoms with Gasteiger partial charge in [0.2, 0.25) is 5.91 Å². The molecule has 0 unspecified atom stereocenters. The van der Waals surface area contributed by atoms with Gasteiger partial charge in [-0.05, 0) is 56.0 Å². The summed E-state index contributed by atoms with van der Waals surface area (Å²) in [6, 6.07) is 17.5. The number of carbonyl (C=O) groups excluding carboxylic acids is 1. The molecule has 4 N–H and O–H groups in total. The summed E-state index contributed by atoms with van der Waals surface area (Å²) >= 11 is 0. The van der Waals surface area contributed by atoms with Crippen molar-refractivity contribution in [1.29, 1.82) is 0 Å². The summed E-state index contributed by atoms with van der Waals surface area (Å²) in [6.45, 7) is 5.91. The number of benzene rings is 2. The largest absolute Gasteiger partial charge is 0.395 e. The summed E-state index contributed by atoms with van der Waals surface area (Å²) in [5, 5.41) is 12.6. The van der Waals surface area contributed by atoms with E-state index in [0.29, 0.717) is 81.1 Å². The van der Waals surface area contributed by atoms with E-state index in [-0.39, 0.29) is 31.2 Å². The zero-order valence-corrected chi connectivity index (χ0v) is 28.4. The van der Waals surface area contributed by atoms with Crippen LogP contribution in [0.4, 0.5) is 5.69 Å². The highest BCUT2D eigenvalue weighted by Crippen LogP contribution is 2.20. The molecule has 0 bridgehead atoms. The molecule has 2 aromatic heterocycles. The molecule has 0 fully saturated rings. The van der Waals surface area contributed by atoms with Crippen LogP contribution in [-0.4, -0.2) is 81.1 Å². The van der Waals surface area contributed by atoms with Crippen molar-refractivity contribution in [1.82, 2.24) is 23.6 Å². The van der Waals surface area contributed by atoms with Gasteiger partial charge in [-0.25, -0.2) is 9.78 Å². The van der Waals surface area contributed by atoms with Crippen molar-refractivity contribution >= 4 is 22.8 Å². The minimum atomic E-state index is -0.420. The van der Waals surface area contributed by atoms with E-state index in [1.165, 1.54) is 4.57 Å². The van der Waals surface area contributed by atoms with Gasteiger partial charge in [0.05, 0.1) is 6.61 Å². The van der Waals surface area contributed by atoms with Crippen molar-refractivity contribution in [3.05, 3.63) is 92.4 Å². The maximum Gasteiger partial charge on any atom is 0.332 e. The third-order valence-electron chi connectivity index (χ3n) is 8.64. The van der Waals surface area contributed by atoms with Gasteiger partial charge in [-0.2, -0.15) is 0 Å². The number of methoxy groups -OCH3 is 1. The lowest BCUT2D eigenvalue weighted by atomic mass is 10.1. The Morgan fingerprint density at radius 2 is 1.71 bits per heavy atom. The molecule has 12 nitrogen and oxygen atoms in total. The molecule has 0 spiro atoms. The number of rotatable bonds is 21. The predicted octanol–water partition coefficient (Wildman–Crippen LogP) is 3.00. The molecule has 1 amide bonds. The lowest BCUT2D eigenvalue weighted by Gasteiger charge is -2.20. The molecule has 0 aliphatic carbocycles. The summed E-state index contributed by atoms with van der Waals surface area (Å²) in [5.41, 5.74) is 8.16. The Balaban J connectivity index is 1.76. The standard InChI is InChI=1S/C36H51N7O5/c1-3-40(24-25-44)22-23-41-31(27-28-13-6-4-7-14-28)39-34-33(41)35(46)43(20-12-26-48-2)36(47)42(34)21-18-29-15-9-10-16-30(29)38-32(45)17-8-5-11-19-37/h4,6-7,9-10,13-16,44H,3,5,8,11-12,17-27,37H2,1-2H3,(H,38,45). The number of nitrogens with two attached hydrogens (primary N) is 1. The van der Waals surface area contributed by atoms with Gasteiger partial charge in [0.1, 0.15) is 5.82 Å². The number of para-hydroxylation sites is 1. The molecule has 4 rings (SSSR count). The van der Waals surface area contributed by atoms with Crippen LogP contribution in [0.5, 0.6) is 0 Å². The lowest BCUT2D eigenvalue weighted by molar-refractivity contribution is -0.116. The number of aromatic nitrogens is 4. The van der Waals surface area contributed by atoms with Crippen LogP contribution in [0.15, 0.2) is 64.2 Å². The quantitative estimate of drug-likeness (QED) is 0.115. The summed E-state index contributed by atoms with van der Waals surface area (Å²) < 4.78 is 10.1. The second-order valence-electron chi connectivity index (χ2n) is 12.0. The predicted molar refractivity (Wildman–Crippen MR) is 189 cm³/mol. The highest BCUT2D eigenvalue weighted by Gasteiger charge is 2.22. The second kappa shape index (κ2) is 19.0. The molecular weight excluding hydrogens is 610 g/mol. The average molecular weight is 662 g/mol. The van der Waals surface area contributed by atoms with Crippen LogP contribution in [0.25, 0.3) is 11.2 Å². The number of likely N-dealkylation sites (N-methyl/N-ethyl adjacent to an activating group) is 1. The first-order valence-electron chi connectivity index (χ1n) is 17.1. The molecule has 48 heavy (non-hydrogen) atoms. The van der Waals surface area contributed by atoms with Crippen LogP contribution in [0, 0.1) is 0 Å². The van der Waals surface area contributed by atoms with Crippen LogP contribution in [0.3, 0.4) is 0 Å². The number of nitrogens with zero attached hydrogens (tertiary/aromatic N) is 5.